The second kappa shape index (κ2) is 10.9. The van der Waals surface area contributed by atoms with Gasteiger partial charge in [-0.15, -0.1) is 0 Å². The molecular weight excluding hydrogens is 592 g/mol. The molecule has 8 rings (SSSR count). The molecule has 1 aromatic heterocycles. The highest BCUT2D eigenvalue weighted by molar-refractivity contribution is 6.36. The Balaban J connectivity index is 1.49. The van der Waals surface area contributed by atoms with E-state index >= 15 is 0 Å². The number of aromatic nitrogens is 1. The Labute approximate surface area is 276 Å². The predicted molar refractivity (Wildman–Crippen MR) is 188 cm³/mol. The molecule has 0 N–H and O–H groups in total. The first-order valence-electron chi connectivity index (χ1n) is 15.6. The van der Waals surface area contributed by atoms with E-state index in [0.29, 0.717) is 33.6 Å². The van der Waals surface area contributed by atoms with E-state index in [1.54, 1.807) is 18.2 Å². The van der Waals surface area contributed by atoms with Crippen molar-refractivity contribution in [1.82, 2.24) is 4.57 Å². The van der Waals surface area contributed by atoms with Crippen molar-refractivity contribution in [3.8, 4) is 40.1 Å². The molecule has 0 atom stereocenters. The van der Waals surface area contributed by atoms with Crippen molar-refractivity contribution >= 4 is 39.3 Å². The molecule has 2 heterocycles. The maximum Gasteiger partial charge on any atom is 0.268 e. The van der Waals surface area contributed by atoms with Crippen molar-refractivity contribution in [3.05, 3.63) is 155 Å². The van der Waals surface area contributed by atoms with Gasteiger partial charge in [0.15, 0.2) is 0 Å². The van der Waals surface area contributed by atoms with Gasteiger partial charge < -0.3 is 4.57 Å². The maximum atomic E-state index is 14.2. The van der Waals surface area contributed by atoms with Gasteiger partial charge in [0, 0.05) is 10.8 Å². The van der Waals surface area contributed by atoms with E-state index in [-0.39, 0.29) is 11.8 Å². The van der Waals surface area contributed by atoms with Crippen LogP contribution >= 0.6 is 0 Å². The Hall–Kier alpha value is -6.76. The quantitative estimate of drug-likeness (QED) is 0.184. The van der Waals surface area contributed by atoms with Crippen LogP contribution in [0.25, 0.3) is 49.7 Å². The van der Waals surface area contributed by atoms with Gasteiger partial charge in [-0.3, -0.25) is 9.59 Å². The van der Waals surface area contributed by atoms with Gasteiger partial charge in [-0.1, -0.05) is 60.7 Å². The molecule has 0 spiro atoms. The first-order chi connectivity index (χ1) is 23.4. The zero-order valence-electron chi connectivity index (χ0n) is 26.2. The molecule has 226 valence electrons. The second-order valence-corrected chi connectivity index (χ2v) is 12.0. The summed E-state index contributed by atoms with van der Waals surface area (Å²) in [5.41, 5.74) is 10.7. The lowest BCUT2D eigenvalue weighted by Crippen LogP contribution is -2.29. The Morgan fingerprint density at radius 1 is 0.521 bits per heavy atom. The largest absolute Gasteiger partial charge is 0.308 e. The average Bonchev–Trinajstić information content (AvgIpc) is 3.59. The summed E-state index contributed by atoms with van der Waals surface area (Å²) in [5.74, 6) is -0.725. The van der Waals surface area contributed by atoms with E-state index in [2.05, 4.69) is 28.8 Å². The number of carbonyl (C=O) groups is 2. The Morgan fingerprint density at radius 3 is 1.56 bits per heavy atom. The van der Waals surface area contributed by atoms with Crippen LogP contribution in [0.1, 0.15) is 43.0 Å². The molecule has 1 aliphatic heterocycles. The lowest BCUT2D eigenvalue weighted by Gasteiger charge is -2.15. The van der Waals surface area contributed by atoms with Crippen molar-refractivity contribution in [2.45, 2.75) is 13.8 Å². The van der Waals surface area contributed by atoms with Gasteiger partial charge in [0.1, 0.15) is 0 Å². The zero-order valence-corrected chi connectivity index (χ0v) is 26.2. The Morgan fingerprint density at radius 2 is 1.04 bits per heavy atom. The van der Waals surface area contributed by atoms with E-state index in [1.165, 1.54) is 4.90 Å². The molecule has 6 nitrogen and oxygen atoms in total. The van der Waals surface area contributed by atoms with Crippen LogP contribution in [0.2, 0.25) is 0 Å². The second-order valence-electron chi connectivity index (χ2n) is 12.0. The highest BCUT2D eigenvalue weighted by Gasteiger charge is 2.39. The van der Waals surface area contributed by atoms with Gasteiger partial charge in [0.25, 0.3) is 11.8 Å². The minimum atomic E-state index is -0.370. The molecule has 6 heteroatoms. The molecule has 0 unspecified atom stereocenters. The number of fused-ring (bicyclic) bond motifs is 4. The molecular formula is C42H26N4O2. The van der Waals surface area contributed by atoms with Gasteiger partial charge in [0.2, 0.25) is 0 Å². The summed E-state index contributed by atoms with van der Waals surface area (Å²) in [6, 6.07) is 42.6. The number of nitriles is 2. The molecule has 1 aliphatic rings. The molecule has 0 radical (unpaired) electrons. The number of nitrogens with zero attached hydrogens (tertiary/aromatic N) is 4. The number of rotatable bonds is 4. The molecule has 0 saturated carbocycles. The number of hydrogen-bond acceptors (Lipinski definition) is 4. The normalized spacial score (nSPS) is 12.4. The maximum absolute atomic E-state index is 14.2. The number of aryl methyl sites for hydroxylation is 2. The van der Waals surface area contributed by atoms with E-state index in [1.807, 2.05) is 105 Å². The number of anilines is 1. The van der Waals surface area contributed by atoms with Crippen LogP contribution in [0.15, 0.2) is 121 Å². The summed E-state index contributed by atoms with van der Waals surface area (Å²) < 4.78 is 2.09. The van der Waals surface area contributed by atoms with Gasteiger partial charge >= 0.3 is 0 Å². The van der Waals surface area contributed by atoms with Crippen LogP contribution in [0, 0.1) is 36.5 Å². The SMILES string of the molecule is Cc1cc(C#N)ccc1-c1cccc2c1c1c(-c3ccc(C#N)cc3C)cccc1n2-c1cccc2c1C(=O)N(c1ccccc1)C2=O. The van der Waals surface area contributed by atoms with Gasteiger partial charge in [-0.05, 0) is 108 Å². The molecule has 7 aromatic rings. The zero-order chi connectivity index (χ0) is 33.1. The van der Waals surface area contributed by atoms with E-state index in [0.717, 1.165) is 55.2 Å². The van der Waals surface area contributed by atoms with Gasteiger partial charge in [-0.2, -0.15) is 10.5 Å². The third-order valence-electron chi connectivity index (χ3n) is 9.26. The van der Waals surface area contributed by atoms with Crippen LogP contribution in [0.4, 0.5) is 5.69 Å². The third-order valence-corrected chi connectivity index (χ3v) is 9.26. The molecule has 6 aromatic carbocycles. The number of amides is 2. The summed E-state index contributed by atoms with van der Waals surface area (Å²) in [6.07, 6.45) is 0. The van der Waals surface area contributed by atoms with Crippen LogP contribution in [0.5, 0.6) is 0 Å². The molecule has 48 heavy (non-hydrogen) atoms. The third kappa shape index (κ3) is 4.17. The summed E-state index contributed by atoms with van der Waals surface area (Å²) in [4.78, 5) is 29.2. The average molecular weight is 619 g/mol. The monoisotopic (exact) mass is 618 g/mol. The van der Waals surface area contributed by atoms with Crippen LogP contribution in [-0.4, -0.2) is 16.4 Å². The number of imide groups is 1. The predicted octanol–water partition coefficient (Wildman–Crippen LogP) is 9.28. The smallest absolute Gasteiger partial charge is 0.268 e. The van der Waals surface area contributed by atoms with E-state index < -0.39 is 0 Å². The summed E-state index contributed by atoms with van der Waals surface area (Å²) in [7, 11) is 0. The first kappa shape index (κ1) is 28.7. The fourth-order valence-electron chi connectivity index (χ4n) is 7.15. The summed E-state index contributed by atoms with van der Waals surface area (Å²) in [5, 5.41) is 21.1. The Bertz CT molecular complexity index is 2480. The van der Waals surface area contributed by atoms with Crippen molar-refractivity contribution in [2.75, 3.05) is 4.90 Å². The molecule has 0 aliphatic carbocycles. The topological polar surface area (TPSA) is 89.9 Å². The van der Waals surface area contributed by atoms with Crippen molar-refractivity contribution in [1.29, 1.82) is 10.5 Å². The van der Waals surface area contributed by atoms with Crippen molar-refractivity contribution < 1.29 is 9.59 Å². The number of benzene rings is 6. The first-order valence-corrected chi connectivity index (χ1v) is 15.6. The summed E-state index contributed by atoms with van der Waals surface area (Å²) >= 11 is 0. The molecule has 0 bridgehead atoms. The lowest BCUT2D eigenvalue weighted by molar-refractivity contribution is 0.0926. The lowest BCUT2D eigenvalue weighted by atomic mass is 9.91. The minimum Gasteiger partial charge on any atom is -0.308 e. The number of para-hydroxylation sites is 1. The highest BCUT2D eigenvalue weighted by atomic mass is 16.2. The van der Waals surface area contributed by atoms with Gasteiger partial charge in [-0.25, -0.2) is 4.90 Å². The van der Waals surface area contributed by atoms with Crippen molar-refractivity contribution in [2.24, 2.45) is 0 Å². The fourth-order valence-corrected chi connectivity index (χ4v) is 7.15. The highest BCUT2D eigenvalue weighted by Crippen LogP contribution is 2.45. The van der Waals surface area contributed by atoms with Crippen LogP contribution < -0.4 is 4.90 Å². The Kier molecular flexibility index (Phi) is 6.54. The summed E-state index contributed by atoms with van der Waals surface area (Å²) in [6.45, 7) is 4.01. The standard InChI is InChI=1S/C42H26N4O2/c1-25-21-27(23-43)17-19-30(25)32-11-6-14-35-38(32)39-33(31-20-18-28(24-44)22-26(31)2)12-7-15-36(39)46(35)37-16-8-13-34-40(37)42(48)45(41(34)47)29-9-4-3-5-10-29/h3-22H,1-2H3. The van der Waals surface area contributed by atoms with Crippen molar-refractivity contribution in [3.63, 3.8) is 0 Å². The molecule has 2 amide bonds. The van der Waals surface area contributed by atoms with E-state index in [9.17, 15) is 20.1 Å². The van der Waals surface area contributed by atoms with E-state index in [4.69, 9.17) is 0 Å². The molecule has 0 saturated heterocycles. The van der Waals surface area contributed by atoms with Gasteiger partial charge in [0.05, 0.1) is 56.8 Å². The van der Waals surface area contributed by atoms with Crippen LogP contribution in [-0.2, 0) is 0 Å². The fraction of sp³-hybridized carbons (Fsp3) is 0.0476. The van der Waals surface area contributed by atoms with Crippen LogP contribution in [0.3, 0.4) is 0 Å². The molecule has 0 fully saturated rings. The number of hydrogen-bond donors (Lipinski definition) is 0. The minimum absolute atomic E-state index is 0.352. The number of carbonyl (C=O) groups excluding carboxylic acids is 2.